The molecular formula is C17H28IN3O. The predicted octanol–water partition coefficient (Wildman–Crippen LogP) is 4.02. The molecule has 2 fully saturated rings. The summed E-state index contributed by atoms with van der Waals surface area (Å²) in [6.45, 7) is 6.00. The van der Waals surface area contributed by atoms with Crippen LogP contribution in [0.5, 0.6) is 0 Å². The molecular weight excluding hydrogens is 389 g/mol. The first kappa shape index (κ1) is 17.6. The Labute approximate surface area is 150 Å². The number of furan rings is 1. The lowest BCUT2D eigenvalue weighted by Gasteiger charge is -2.33. The van der Waals surface area contributed by atoms with Crippen LogP contribution in [0.2, 0.25) is 0 Å². The van der Waals surface area contributed by atoms with Crippen LogP contribution in [0.3, 0.4) is 0 Å². The second-order valence-corrected chi connectivity index (χ2v) is 6.48. The van der Waals surface area contributed by atoms with E-state index >= 15 is 0 Å². The van der Waals surface area contributed by atoms with Gasteiger partial charge in [-0.3, -0.25) is 0 Å². The van der Waals surface area contributed by atoms with Gasteiger partial charge in [0.2, 0.25) is 0 Å². The lowest BCUT2D eigenvalue weighted by molar-refractivity contribution is 0.203. The molecule has 0 amide bonds. The summed E-state index contributed by atoms with van der Waals surface area (Å²) in [5, 5.41) is 3.44. The van der Waals surface area contributed by atoms with Crippen molar-refractivity contribution in [2.45, 2.75) is 52.0 Å². The molecule has 1 saturated heterocycles. The Morgan fingerprint density at radius 1 is 1.32 bits per heavy atom. The van der Waals surface area contributed by atoms with E-state index in [2.05, 4.69) is 17.1 Å². The van der Waals surface area contributed by atoms with Crippen molar-refractivity contribution in [3.63, 3.8) is 0 Å². The maximum absolute atomic E-state index is 5.38. The summed E-state index contributed by atoms with van der Waals surface area (Å²) < 4.78 is 5.38. The number of nitrogens with one attached hydrogen (secondary N) is 1. The van der Waals surface area contributed by atoms with Crippen LogP contribution in [0.4, 0.5) is 0 Å². The van der Waals surface area contributed by atoms with Crippen molar-refractivity contribution < 1.29 is 4.42 Å². The molecule has 4 nitrogen and oxygen atoms in total. The highest BCUT2D eigenvalue weighted by molar-refractivity contribution is 14.0. The summed E-state index contributed by atoms with van der Waals surface area (Å²) in [4.78, 5) is 7.21. The number of hydrogen-bond acceptors (Lipinski definition) is 2. The van der Waals surface area contributed by atoms with Gasteiger partial charge in [0.15, 0.2) is 5.96 Å². The van der Waals surface area contributed by atoms with E-state index in [1.807, 2.05) is 12.1 Å². The zero-order valence-electron chi connectivity index (χ0n) is 13.5. The van der Waals surface area contributed by atoms with Gasteiger partial charge in [0.1, 0.15) is 12.3 Å². The van der Waals surface area contributed by atoms with Gasteiger partial charge in [-0.15, -0.1) is 24.0 Å². The molecule has 0 aromatic carbocycles. The molecule has 1 aliphatic carbocycles. The fourth-order valence-electron chi connectivity index (χ4n) is 3.81. The van der Waals surface area contributed by atoms with Gasteiger partial charge in [-0.25, -0.2) is 4.99 Å². The highest BCUT2D eigenvalue weighted by Crippen LogP contribution is 2.43. The Morgan fingerprint density at radius 2 is 2.14 bits per heavy atom. The predicted molar refractivity (Wildman–Crippen MR) is 101 cm³/mol. The Kier molecular flexibility index (Phi) is 6.59. The highest BCUT2D eigenvalue weighted by Gasteiger charge is 2.39. The highest BCUT2D eigenvalue weighted by atomic mass is 127. The Bertz CT molecular complexity index is 466. The number of nitrogens with zero attached hydrogens (tertiary/aromatic N) is 2. The van der Waals surface area contributed by atoms with Gasteiger partial charge in [0, 0.05) is 19.6 Å². The lowest BCUT2D eigenvalue weighted by Crippen LogP contribution is -2.41. The van der Waals surface area contributed by atoms with Crippen molar-refractivity contribution in [3.8, 4) is 0 Å². The zero-order chi connectivity index (χ0) is 14.5. The smallest absolute Gasteiger partial charge is 0.194 e. The molecule has 1 aromatic rings. The second kappa shape index (κ2) is 8.22. The Balaban J connectivity index is 0.00000176. The minimum absolute atomic E-state index is 0. The molecule has 1 aromatic heterocycles. The summed E-state index contributed by atoms with van der Waals surface area (Å²) in [6.07, 6.45) is 10.1. The van der Waals surface area contributed by atoms with Crippen LogP contribution in [0.1, 0.15) is 51.2 Å². The molecule has 0 bridgehead atoms. The Hall–Kier alpha value is -0.720. The first-order valence-electron chi connectivity index (χ1n) is 8.37. The summed E-state index contributed by atoms with van der Waals surface area (Å²) in [6, 6.07) is 3.91. The van der Waals surface area contributed by atoms with Crippen LogP contribution in [-0.2, 0) is 6.54 Å². The van der Waals surface area contributed by atoms with Crippen molar-refractivity contribution in [2.24, 2.45) is 10.4 Å². The minimum Gasteiger partial charge on any atom is -0.467 e. The van der Waals surface area contributed by atoms with Crippen LogP contribution >= 0.6 is 24.0 Å². The molecule has 1 aliphatic heterocycles. The van der Waals surface area contributed by atoms with Gasteiger partial charge in [0.25, 0.3) is 0 Å². The van der Waals surface area contributed by atoms with E-state index in [-0.39, 0.29) is 24.0 Å². The molecule has 2 heterocycles. The van der Waals surface area contributed by atoms with E-state index in [9.17, 15) is 0 Å². The van der Waals surface area contributed by atoms with Gasteiger partial charge >= 0.3 is 0 Å². The van der Waals surface area contributed by atoms with E-state index in [1.165, 1.54) is 45.1 Å². The van der Waals surface area contributed by atoms with E-state index in [0.29, 0.717) is 12.0 Å². The molecule has 1 saturated carbocycles. The fourth-order valence-corrected chi connectivity index (χ4v) is 3.81. The molecule has 124 valence electrons. The van der Waals surface area contributed by atoms with Crippen molar-refractivity contribution in [3.05, 3.63) is 24.2 Å². The van der Waals surface area contributed by atoms with Gasteiger partial charge in [-0.2, -0.15) is 0 Å². The first-order valence-corrected chi connectivity index (χ1v) is 8.37. The Morgan fingerprint density at radius 3 is 2.82 bits per heavy atom. The largest absolute Gasteiger partial charge is 0.467 e. The maximum Gasteiger partial charge on any atom is 0.194 e. The number of hydrogen-bond donors (Lipinski definition) is 1. The van der Waals surface area contributed by atoms with Crippen molar-refractivity contribution in [1.82, 2.24) is 10.2 Å². The SMILES string of the molecule is CCNC(=NCc1ccco1)N1CCC2(CCCCC2)C1.I. The quantitative estimate of drug-likeness (QED) is 0.459. The van der Waals surface area contributed by atoms with Crippen molar-refractivity contribution in [2.75, 3.05) is 19.6 Å². The van der Waals surface area contributed by atoms with Crippen LogP contribution in [0.15, 0.2) is 27.8 Å². The summed E-state index contributed by atoms with van der Waals surface area (Å²) in [7, 11) is 0. The third-order valence-electron chi connectivity index (χ3n) is 4.95. The van der Waals surface area contributed by atoms with Crippen LogP contribution < -0.4 is 5.32 Å². The summed E-state index contributed by atoms with van der Waals surface area (Å²) in [5.41, 5.74) is 0.569. The lowest BCUT2D eigenvalue weighted by atomic mass is 9.73. The van der Waals surface area contributed by atoms with E-state index in [4.69, 9.17) is 9.41 Å². The second-order valence-electron chi connectivity index (χ2n) is 6.48. The standard InChI is InChI=1S/C17H27N3O.HI/c1-2-18-16(19-13-15-7-6-12-21-15)20-11-10-17(14-20)8-4-3-5-9-17;/h6-7,12H,2-5,8-11,13-14H2,1H3,(H,18,19);1H. The third-order valence-corrected chi connectivity index (χ3v) is 4.95. The summed E-state index contributed by atoms with van der Waals surface area (Å²) >= 11 is 0. The molecule has 2 aliphatic rings. The number of rotatable bonds is 3. The molecule has 0 radical (unpaired) electrons. The molecule has 1 N–H and O–H groups in total. The summed E-state index contributed by atoms with van der Waals surface area (Å²) in [5.74, 6) is 1.98. The van der Waals surface area contributed by atoms with Crippen LogP contribution in [0.25, 0.3) is 0 Å². The molecule has 22 heavy (non-hydrogen) atoms. The van der Waals surface area contributed by atoms with Gasteiger partial charge in [0.05, 0.1) is 6.26 Å². The average Bonchev–Trinajstić information content (AvgIpc) is 3.15. The topological polar surface area (TPSA) is 40.8 Å². The molecule has 3 rings (SSSR count). The van der Waals surface area contributed by atoms with Gasteiger partial charge < -0.3 is 14.6 Å². The molecule has 5 heteroatoms. The van der Waals surface area contributed by atoms with Crippen molar-refractivity contribution in [1.29, 1.82) is 0 Å². The third kappa shape index (κ3) is 4.18. The first-order chi connectivity index (χ1) is 10.3. The van der Waals surface area contributed by atoms with E-state index < -0.39 is 0 Å². The molecule has 1 spiro atoms. The van der Waals surface area contributed by atoms with Crippen molar-refractivity contribution >= 4 is 29.9 Å². The normalized spacial score (nSPS) is 21.0. The van der Waals surface area contributed by atoms with Gasteiger partial charge in [-0.05, 0) is 43.7 Å². The van der Waals surface area contributed by atoms with E-state index in [0.717, 1.165) is 24.8 Å². The van der Waals surface area contributed by atoms with Crippen LogP contribution in [-0.4, -0.2) is 30.5 Å². The molecule has 0 atom stereocenters. The zero-order valence-corrected chi connectivity index (χ0v) is 15.8. The maximum atomic E-state index is 5.38. The van der Waals surface area contributed by atoms with Crippen LogP contribution in [0, 0.1) is 5.41 Å². The monoisotopic (exact) mass is 417 g/mol. The number of aliphatic imine (C=N–C) groups is 1. The fraction of sp³-hybridized carbons (Fsp3) is 0.706. The molecule has 0 unspecified atom stereocenters. The van der Waals surface area contributed by atoms with E-state index in [1.54, 1.807) is 6.26 Å². The van der Waals surface area contributed by atoms with Gasteiger partial charge in [-0.1, -0.05) is 19.3 Å². The number of likely N-dealkylation sites (tertiary alicyclic amines) is 1. The minimum atomic E-state index is 0. The number of halogens is 1. The number of guanidine groups is 1. The average molecular weight is 417 g/mol.